The van der Waals surface area contributed by atoms with Gasteiger partial charge in [0.25, 0.3) is 5.69 Å². The van der Waals surface area contributed by atoms with Crippen LogP contribution in [0.3, 0.4) is 0 Å². The number of nitro benzene ring substituents is 1. The van der Waals surface area contributed by atoms with Gasteiger partial charge >= 0.3 is 5.97 Å². The Kier molecular flexibility index (Phi) is 4.92. The van der Waals surface area contributed by atoms with Crippen molar-refractivity contribution in [2.24, 2.45) is 0 Å². The fraction of sp³-hybridized carbons (Fsp3) is 0.300. The molecule has 7 heteroatoms. The van der Waals surface area contributed by atoms with E-state index in [2.05, 4.69) is 22.3 Å². The second kappa shape index (κ2) is 6.21. The first-order valence-electron chi connectivity index (χ1n) is 4.79. The molecule has 0 amide bonds. The first-order valence-corrected chi connectivity index (χ1v) is 5.24. The highest BCUT2D eigenvalue weighted by molar-refractivity contribution is 7.78. The van der Waals surface area contributed by atoms with Crippen LogP contribution in [0.25, 0.3) is 0 Å². The second-order valence-electron chi connectivity index (χ2n) is 3.33. The zero-order chi connectivity index (χ0) is 12.8. The Balaban J connectivity index is 2.74. The summed E-state index contributed by atoms with van der Waals surface area (Å²) >= 11 is 3.83. The van der Waals surface area contributed by atoms with Gasteiger partial charge in [-0.1, -0.05) is 24.9 Å². The number of ether oxygens (including phenoxy) is 1. The van der Waals surface area contributed by atoms with E-state index in [1.54, 1.807) is 12.1 Å². The van der Waals surface area contributed by atoms with Gasteiger partial charge in [-0.2, -0.15) is 0 Å². The van der Waals surface area contributed by atoms with Crippen LogP contribution in [0.2, 0.25) is 0 Å². The molecule has 6 nitrogen and oxygen atoms in total. The zero-order valence-corrected chi connectivity index (χ0v) is 10.0. The topological polar surface area (TPSA) is 81.5 Å². The van der Waals surface area contributed by atoms with Crippen LogP contribution in [0.4, 0.5) is 5.69 Å². The fourth-order valence-corrected chi connectivity index (χ4v) is 1.51. The predicted octanol–water partition coefficient (Wildman–Crippen LogP) is 1.11. The molecule has 0 aliphatic rings. The molecule has 1 unspecified atom stereocenters. The lowest BCUT2D eigenvalue weighted by atomic mass is 10.1. The number of hydrogen-bond acceptors (Lipinski definition) is 6. The molecular formula is C10H12N2O4S. The predicted molar refractivity (Wildman–Crippen MR) is 64.7 cm³/mol. The molecule has 0 heterocycles. The third-order valence-electron chi connectivity index (χ3n) is 2.23. The van der Waals surface area contributed by atoms with Gasteiger partial charge in [0, 0.05) is 12.1 Å². The minimum Gasteiger partial charge on any atom is -0.468 e. The van der Waals surface area contributed by atoms with Crippen LogP contribution in [-0.2, 0) is 16.0 Å². The summed E-state index contributed by atoms with van der Waals surface area (Å²) in [7, 11) is 1.29. The van der Waals surface area contributed by atoms with Crippen LogP contribution < -0.4 is 4.72 Å². The number of esters is 1. The molecule has 92 valence electrons. The third kappa shape index (κ3) is 3.72. The number of nitrogens with one attached hydrogen (secondary N) is 1. The van der Waals surface area contributed by atoms with E-state index in [1.807, 2.05) is 0 Å². The van der Waals surface area contributed by atoms with Gasteiger partial charge in [-0.05, 0) is 12.0 Å². The normalized spacial score (nSPS) is 11.9. The Morgan fingerprint density at radius 2 is 2.12 bits per heavy atom. The number of thiol groups is 1. The molecule has 0 aromatic heterocycles. The number of nitro groups is 1. The summed E-state index contributed by atoms with van der Waals surface area (Å²) in [6.07, 6.45) is 0.355. The molecule has 1 aromatic carbocycles. The van der Waals surface area contributed by atoms with E-state index in [0.717, 1.165) is 5.56 Å². The van der Waals surface area contributed by atoms with E-state index in [-0.39, 0.29) is 5.69 Å². The summed E-state index contributed by atoms with van der Waals surface area (Å²) in [6.45, 7) is 0. The highest BCUT2D eigenvalue weighted by atomic mass is 32.1. The van der Waals surface area contributed by atoms with Crippen LogP contribution in [0.1, 0.15) is 5.56 Å². The number of non-ortho nitro benzene ring substituents is 1. The smallest absolute Gasteiger partial charge is 0.324 e. The average Bonchev–Trinajstić information content (AvgIpc) is 2.35. The van der Waals surface area contributed by atoms with Crippen molar-refractivity contribution in [2.75, 3.05) is 7.11 Å². The lowest BCUT2D eigenvalue weighted by Crippen LogP contribution is -2.34. The largest absolute Gasteiger partial charge is 0.468 e. The Hall–Kier alpha value is -1.60. The molecule has 1 rings (SSSR count). The number of rotatable bonds is 5. The molecule has 0 saturated heterocycles. The van der Waals surface area contributed by atoms with Gasteiger partial charge in [0.2, 0.25) is 0 Å². The summed E-state index contributed by atoms with van der Waals surface area (Å²) < 4.78 is 7.10. The third-order valence-corrected chi connectivity index (χ3v) is 2.54. The quantitative estimate of drug-likeness (QED) is 0.357. The van der Waals surface area contributed by atoms with Gasteiger partial charge < -0.3 is 4.74 Å². The number of hydrogen-bond donors (Lipinski definition) is 2. The van der Waals surface area contributed by atoms with Gasteiger partial charge in [0.05, 0.1) is 12.0 Å². The van der Waals surface area contributed by atoms with E-state index < -0.39 is 16.9 Å². The van der Waals surface area contributed by atoms with Gasteiger partial charge in [0.1, 0.15) is 6.04 Å². The molecule has 0 bridgehead atoms. The van der Waals surface area contributed by atoms with Gasteiger partial charge in [-0.15, -0.1) is 0 Å². The van der Waals surface area contributed by atoms with E-state index in [0.29, 0.717) is 6.42 Å². The standard InChI is InChI=1S/C10H12N2O4S/c1-16-10(13)9(11-17)6-7-2-4-8(5-3-7)12(14)15/h2-5,9,11,17H,6H2,1H3. The van der Waals surface area contributed by atoms with E-state index in [4.69, 9.17) is 0 Å². The van der Waals surface area contributed by atoms with E-state index in [9.17, 15) is 14.9 Å². The molecule has 0 radical (unpaired) electrons. The summed E-state index contributed by atoms with van der Waals surface area (Å²) in [5.74, 6) is -0.432. The Labute approximate surface area is 104 Å². The summed E-state index contributed by atoms with van der Waals surface area (Å²) in [6, 6.07) is 5.40. The summed E-state index contributed by atoms with van der Waals surface area (Å²) in [5, 5.41) is 10.5. The highest BCUT2D eigenvalue weighted by Gasteiger charge is 2.18. The SMILES string of the molecule is COC(=O)C(Cc1ccc([N+](=O)[O-])cc1)NS. The lowest BCUT2D eigenvalue weighted by molar-refractivity contribution is -0.384. The molecule has 1 aromatic rings. The molecule has 0 aliphatic carbocycles. The highest BCUT2D eigenvalue weighted by Crippen LogP contribution is 2.13. The molecule has 0 saturated carbocycles. The minimum atomic E-state index is -0.579. The van der Waals surface area contributed by atoms with Crippen LogP contribution in [0, 0.1) is 10.1 Å². The summed E-state index contributed by atoms with van der Waals surface area (Å²) in [5.41, 5.74) is 0.801. The monoisotopic (exact) mass is 256 g/mol. The molecule has 17 heavy (non-hydrogen) atoms. The summed E-state index contributed by atoms with van der Waals surface area (Å²) in [4.78, 5) is 21.3. The fourth-order valence-electron chi connectivity index (χ4n) is 1.31. The van der Waals surface area contributed by atoms with Crippen molar-refractivity contribution in [2.45, 2.75) is 12.5 Å². The average molecular weight is 256 g/mol. The lowest BCUT2D eigenvalue weighted by Gasteiger charge is -2.12. The maximum absolute atomic E-state index is 11.3. The van der Waals surface area contributed by atoms with Crippen molar-refractivity contribution in [1.29, 1.82) is 0 Å². The van der Waals surface area contributed by atoms with Crippen molar-refractivity contribution < 1.29 is 14.5 Å². The first kappa shape index (κ1) is 13.5. The van der Waals surface area contributed by atoms with Crippen molar-refractivity contribution in [1.82, 2.24) is 4.72 Å². The second-order valence-corrected chi connectivity index (χ2v) is 3.59. The Morgan fingerprint density at radius 1 is 1.53 bits per heavy atom. The van der Waals surface area contributed by atoms with E-state index >= 15 is 0 Å². The number of benzene rings is 1. The van der Waals surface area contributed by atoms with Crippen molar-refractivity contribution in [3.05, 3.63) is 39.9 Å². The van der Waals surface area contributed by atoms with Gasteiger partial charge in [-0.25, -0.2) is 0 Å². The van der Waals surface area contributed by atoms with Crippen LogP contribution in [0.15, 0.2) is 24.3 Å². The molecule has 1 N–H and O–H groups in total. The van der Waals surface area contributed by atoms with Crippen molar-refractivity contribution >= 4 is 24.5 Å². The maximum atomic E-state index is 11.3. The van der Waals surface area contributed by atoms with Gasteiger partial charge in [-0.3, -0.25) is 19.6 Å². The number of methoxy groups -OCH3 is 1. The zero-order valence-electron chi connectivity index (χ0n) is 9.12. The van der Waals surface area contributed by atoms with E-state index in [1.165, 1.54) is 19.2 Å². The molecule has 1 atom stereocenters. The van der Waals surface area contributed by atoms with Crippen LogP contribution in [0.5, 0.6) is 0 Å². The molecule has 0 aliphatic heterocycles. The maximum Gasteiger partial charge on any atom is 0.324 e. The van der Waals surface area contributed by atoms with Crippen LogP contribution >= 0.6 is 12.8 Å². The molecule has 0 fully saturated rings. The first-order chi connectivity index (χ1) is 8.08. The minimum absolute atomic E-state index is 0.0159. The van der Waals surface area contributed by atoms with Crippen molar-refractivity contribution in [3.63, 3.8) is 0 Å². The van der Waals surface area contributed by atoms with Crippen LogP contribution in [-0.4, -0.2) is 24.0 Å². The molecule has 0 spiro atoms. The number of carbonyl (C=O) groups is 1. The van der Waals surface area contributed by atoms with Gasteiger partial charge in [0.15, 0.2) is 0 Å². The number of nitrogens with zero attached hydrogens (tertiary/aromatic N) is 1. The number of carbonyl (C=O) groups excluding carboxylic acids is 1. The molecular weight excluding hydrogens is 244 g/mol. The Bertz CT molecular complexity index is 407. The Morgan fingerprint density at radius 3 is 2.53 bits per heavy atom. The van der Waals surface area contributed by atoms with Crippen molar-refractivity contribution in [3.8, 4) is 0 Å².